The standard InChI is InChI=1S/C8H14O4S/c1-2-3-4-8(12,7(10)11)5-6(9)13/h12H,2-5H2,1H3,(H,9,13)(H,10,11). The van der Waals surface area contributed by atoms with Crippen LogP contribution in [0, 0.1) is 0 Å². The summed E-state index contributed by atoms with van der Waals surface area (Å²) in [6, 6.07) is 0. The van der Waals surface area contributed by atoms with Gasteiger partial charge in [0.05, 0.1) is 6.42 Å². The first-order chi connectivity index (χ1) is 5.92. The molecule has 0 bridgehead atoms. The summed E-state index contributed by atoms with van der Waals surface area (Å²) in [5.41, 5.74) is -1.94. The van der Waals surface area contributed by atoms with Crippen molar-refractivity contribution in [2.45, 2.75) is 38.2 Å². The van der Waals surface area contributed by atoms with E-state index >= 15 is 0 Å². The van der Waals surface area contributed by atoms with Crippen molar-refractivity contribution in [1.82, 2.24) is 0 Å². The van der Waals surface area contributed by atoms with E-state index in [4.69, 9.17) is 5.11 Å². The first-order valence-corrected chi connectivity index (χ1v) is 4.54. The van der Waals surface area contributed by atoms with Gasteiger partial charge in [0.15, 0.2) is 10.7 Å². The van der Waals surface area contributed by atoms with Crippen LogP contribution in [0.2, 0.25) is 0 Å². The van der Waals surface area contributed by atoms with Gasteiger partial charge in [-0.25, -0.2) is 4.79 Å². The van der Waals surface area contributed by atoms with Crippen molar-refractivity contribution in [3.05, 3.63) is 0 Å². The molecule has 0 aromatic carbocycles. The molecular formula is C8H14O4S. The summed E-state index contributed by atoms with van der Waals surface area (Å²) >= 11 is 3.45. The quantitative estimate of drug-likeness (QED) is 0.563. The third kappa shape index (κ3) is 4.28. The van der Waals surface area contributed by atoms with Crippen molar-refractivity contribution in [1.29, 1.82) is 0 Å². The second kappa shape index (κ2) is 5.24. The van der Waals surface area contributed by atoms with Gasteiger partial charge in [0.2, 0.25) is 0 Å². The van der Waals surface area contributed by atoms with Gasteiger partial charge in [-0.3, -0.25) is 4.79 Å². The molecule has 0 radical (unpaired) electrons. The Morgan fingerprint density at radius 3 is 2.31 bits per heavy atom. The smallest absolute Gasteiger partial charge is 0.336 e. The van der Waals surface area contributed by atoms with Crippen LogP contribution < -0.4 is 0 Å². The average molecular weight is 206 g/mol. The molecule has 0 aromatic rings. The van der Waals surface area contributed by atoms with Gasteiger partial charge in [-0.15, -0.1) is 12.6 Å². The number of aliphatic hydroxyl groups is 1. The molecule has 0 aliphatic rings. The molecule has 0 aromatic heterocycles. The van der Waals surface area contributed by atoms with E-state index in [1.165, 1.54) is 0 Å². The molecule has 13 heavy (non-hydrogen) atoms. The number of unbranched alkanes of at least 4 members (excludes halogenated alkanes) is 1. The first-order valence-electron chi connectivity index (χ1n) is 4.10. The molecule has 76 valence electrons. The zero-order valence-electron chi connectivity index (χ0n) is 7.49. The lowest BCUT2D eigenvalue weighted by molar-refractivity contribution is -0.161. The molecule has 5 heteroatoms. The lowest BCUT2D eigenvalue weighted by Crippen LogP contribution is -2.39. The monoisotopic (exact) mass is 206 g/mol. The number of carbonyl (C=O) groups excluding carboxylic acids is 1. The summed E-state index contributed by atoms with van der Waals surface area (Å²) in [5.74, 6) is -1.36. The van der Waals surface area contributed by atoms with Gasteiger partial charge in [-0.1, -0.05) is 19.8 Å². The number of thiol groups is 1. The summed E-state index contributed by atoms with van der Waals surface area (Å²) in [5, 5.41) is 17.6. The van der Waals surface area contributed by atoms with Crippen molar-refractivity contribution >= 4 is 23.7 Å². The van der Waals surface area contributed by atoms with Crippen LogP contribution in [0.1, 0.15) is 32.6 Å². The third-order valence-corrected chi connectivity index (χ3v) is 1.94. The van der Waals surface area contributed by atoms with Crippen LogP contribution in [0.4, 0.5) is 0 Å². The van der Waals surface area contributed by atoms with Crippen LogP contribution in [0.5, 0.6) is 0 Å². The fraction of sp³-hybridized carbons (Fsp3) is 0.750. The second-order valence-electron chi connectivity index (χ2n) is 3.01. The van der Waals surface area contributed by atoms with E-state index in [0.29, 0.717) is 6.42 Å². The molecule has 0 saturated heterocycles. The number of carboxylic acids is 1. The SMILES string of the molecule is CCCCC(O)(CC(=O)S)C(=O)O. The number of hydrogen-bond acceptors (Lipinski definition) is 3. The Labute approximate surface area is 82.4 Å². The van der Waals surface area contributed by atoms with E-state index < -0.39 is 23.1 Å². The van der Waals surface area contributed by atoms with E-state index in [9.17, 15) is 14.7 Å². The van der Waals surface area contributed by atoms with Gasteiger partial charge < -0.3 is 10.2 Å². The zero-order chi connectivity index (χ0) is 10.5. The van der Waals surface area contributed by atoms with Gasteiger partial charge >= 0.3 is 5.97 Å². The minimum atomic E-state index is -1.94. The van der Waals surface area contributed by atoms with Crippen LogP contribution in [0.25, 0.3) is 0 Å². The normalized spacial score (nSPS) is 15.0. The van der Waals surface area contributed by atoms with Gasteiger partial charge in [0.1, 0.15) is 0 Å². The van der Waals surface area contributed by atoms with Crippen molar-refractivity contribution in [2.24, 2.45) is 0 Å². The second-order valence-corrected chi connectivity index (χ2v) is 3.51. The van der Waals surface area contributed by atoms with Crippen molar-refractivity contribution in [3.63, 3.8) is 0 Å². The molecule has 0 aliphatic heterocycles. The Bertz CT molecular complexity index is 204. The molecule has 1 atom stereocenters. The highest BCUT2D eigenvalue weighted by Gasteiger charge is 2.36. The first kappa shape index (κ1) is 12.4. The van der Waals surface area contributed by atoms with Crippen molar-refractivity contribution < 1.29 is 19.8 Å². The van der Waals surface area contributed by atoms with Crippen LogP contribution in [0.3, 0.4) is 0 Å². The number of rotatable bonds is 6. The lowest BCUT2D eigenvalue weighted by Gasteiger charge is -2.21. The maximum Gasteiger partial charge on any atom is 0.336 e. The Kier molecular flexibility index (Phi) is 5.02. The van der Waals surface area contributed by atoms with Gasteiger partial charge in [0.25, 0.3) is 0 Å². The molecule has 0 aliphatic carbocycles. The molecule has 0 amide bonds. The largest absolute Gasteiger partial charge is 0.479 e. The van der Waals surface area contributed by atoms with E-state index in [1.54, 1.807) is 0 Å². The number of aliphatic carboxylic acids is 1. The maximum atomic E-state index is 10.6. The average Bonchev–Trinajstić information content (AvgIpc) is 1.99. The third-order valence-electron chi connectivity index (χ3n) is 1.79. The van der Waals surface area contributed by atoms with Crippen LogP contribution in [-0.2, 0) is 9.59 Å². The molecule has 0 heterocycles. The molecule has 0 fully saturated rings. The molecule has 2 N–H and O–H groups in total. The Morgan fingerprint density at radius 1 is 1.46 bits per heavy atom. The minimum Gasteiger partial charge on any atom is -0.479 e. The fourth-order valence-electron chi connectivity index (χ4n) is 0.990. The predicted molar refractivity (Wildman–Crippen MR) is 50.7 cm³/mol. The number of carboxylic acid groups (broad SMARTS) is 1. The maximum absolute atomic E-state index is 10.6. The number of hydrogen-bond donors (Lipinski definition) is 3. The topological polar surface area (TPSA) is 74.6 Å². The Hall–Kier alpha value is -0.550. The van der Waals surface area contributed by atoms with E-state index in [-0.39, 0.29) is 6.42 Å². The highest BCUT2D eigenvalue weighted by molar-refractivity contribution is 7.96. The summed E-state index contributed by atoms with van der Waals surface area (Å²) in [4.78, 5) is 21.2. The molecule has 0 spiro atoms. The van der Waals surface area contributed by atoms with Gasteiger partial charge in [0, 0.05) is 0 Å². The van der Waals surface area contributed by atoms with E-state index in [2.05, 4.69) is 12.6 Å². The molecule has 1 unspecified atom stereocenters. The summed E-state index contributed by atoms with van der Waals surface area (Å²) in [6.45, 7) is 1.88. The van der Waals surface area contributed by atoms with Crippen LogP contribution >= 0.6 is 12.6 Å². The molecule has 0 rings (SSSR count). The van der Waals surface area contributed by atoms with E-state index in [0.717, 1.165) is 6.42 Å². The Balaban J connectivity index is 4.34. The zero-order valence-corrected chi connectivity index (χ0v) is 8.38. The molecule has 0 saturated carbocycles. The predicted octanol–water partition coefficient (Wildman–Crippen LogP) is 0.839. The van der Waals surface area contributed by atoms with Crippen LogP contribution in [0.15, 0.2) is 0 Å². The summed E-state index contributed by atoms with van der Waals surface area (Å²) < 4.78 is 0. The fourth-order valence-corrected chi connectivity index (χ4v) is 1.25. The van der Waals surface area contributed by atoms with E-state index in [1.807, 2.05) is 6.92 Å². The molecular weight excluding hydrogens is 192 g/mol. The lowest BCUT2D eigenvalue weighted by atomic mass is 9.94. The van der Waals surface area contributed by atoms with Crippen LogP contribution in [-0.4, -0.2) is 26.9 Å². The summed E-state index contributed by atoms with van der Waals surface area (Å²) in [7, 11) is 0. The Morgan fingerprint density at radius 2 is 2.00 bits per heavy atom. The highest BCUT2D eigenvalue weighted by Crippen LogP contribution is 2.20. The van der Waals surface area contributed by atoms with Gasteiger partial charge in [-0.05, 0) is 6.42 Å². The summed E-state index contributed by atoms with van der Waals surface area (Å²) in [6.07, 6.45) is 0.997. The van der Waals surface area contributed by atoms with Crippen molar-refractivity contribution in [3.8, 4) is 0 Å². The highest BCUT2D eigenvalue weighted by atomic mass is 32.1. The molecule has 4 nitrogen and oxygen atoms in total. The van der Waals surface area contributed by atoms with Gasteiger partial charge in [-0.2, -0.15) is 0 Å². The van der Waals surface area contributed by atoms with Crippen molar-refractivity contribution in [2.75, 3.05) is 0 Å². The number of carbonyl (C=O) groups is 2. The minimum absolute atomic E-state index is 0.0884.